The number of halogens is 1. The number of nitrogens with one attached hydrogen (secondary N) is 3. The molecule has 2 aliphatic rings. The van der Waals surface area contributed by atoms with Gasteiger partial charge in [0.2, 0.25) is 11.9 Å². The third kappa shape index (κ3) is 4.61. The van der Waals surface area contributed by atoms with Crippen LogP contribution in [0.5, 0.6) is 0 Å². The molecule has 0 fully saturated rings. The van der Waals surface area contributed by atoms with E-state index in [2.05, 4.69) is 30.9 Å². The molecule has 0 spiro atoms. The van der Waals surface area contributed by atoms with E-state index in [1.54, 1.807) is 48.8 Å². The van der Waals surface area contributed by atoms with Gasteiger partial charge in [0.15, 0.2) is 0 Å². The van der Waals surface area contributed by atoms with E-state index >= 15 is 0 Å². The van der Waals surface area contributed by atoms with Gasteiger partial charge in [-0.15, -0.1) is 0 Å². The van der Waals surface area contributed by atoms with Gasteiger partial charge in [0.05, 0.1) is 24.3 Å². The molecule has 2 aliphatic heterocycles. The fraction of sp³-hybridized carbons (Fsp3) is 0.125. The predicted molar refractivity (Wildman–Crippen MR) is 128 cm³/mol. The summed E-state index contributed by atoms with van der Waals surface area (Å²) in [6.07, 6.45) is 6.29. The highest BCUT2D eigenvalue weighted by Gasteiger charge is 2.21. The van der Waals surface area contributed by atoms with Crippen molar-refractivity contribution in [2.45, 2.75) is 12.8 Å². The number of aliphatic imine (C=N–C) groups is 1. The zero-order valence-corrected chi connectivity index (χ0v) is 18.2. The second-order valence-electron chi connectivity index (χ2n) is 7.65. The third-order valence-corrected chi connectivity index (χ3v) is 5.53. The van der Waals surface area contributed by atoms with Gasteiger partial charge in [-0.05, 0) is 42.5 Å². The van der Waals surface area contributed by atoms with Crippen molar-refractivity contribution < 1.29 is 9.59 Å². The lowest BCUT2D eigenvalue weighted by Gasteiger charge is -2.11. The Morgan fingerprint density at radius 1 is 1.15 bits per heavy atom. The van der Waals surface area contributed by atoms with Gasteiger partial charge in [-0.2, -0.15) is 0 Å². The van der Waals surface area contributed by atoms with Crippen LogP contribution in [-0.4, -0.2) is 34.0 Å². The smallest absolute Gasteiger partial charge is 0.251 e. The molecule has 0 radical (unpaired) electrons. The van der Waals surface area contributed by atoms with E-state index < -0.39 is 0 Å². The summed E-state index contributed by atoms with van der Waals surface area (Å²) in [5, 5.41) is 9.42. The molecule has 0 aliphatic carbocycles. The summed E-state index contributed by atoms with van der Waals surface area (Å²) in [6, 6.07) is 12.3. The van der Waals surface area contributed by atoms with Crippen molar-refractivity contribution in [3.63, 3.8) is 0 Å². The van der Waals surface area contributed by atoms with E-state index in [1.807, 2.05) is 12.1 Å². The van der Waals surface area contributed by atoms with Crippen LogP contribution in [0.4, 0.5) is 17.3 Å². The number of carbonyl (C=O) groups excluding carboxylic acids is 2. The van der Waals surface area contributed by atoms with Gasteiger partial charge in [-0.3, -0.25) is 14.6 Å². The molecule has 164 valence electrons. The van der Waals surface area contributed by atoms with Crippen LogP contribution in [0.1, 0.15) is 22.3 Å². The topological polar surface area (TPSA) is 108 Å². The summed E-state index contributed by atoms with van der Waals surface area (Å²) in [5.74, 6) is 0.0736. The SMILES string of the molecule is O=C1Cc2cnc(Nc3ccc(C(=O)NCC4=NC=CC4)cc3)nc2-c2ccc(Cl)cc2N1. The molecule has 0 saturated carbocycles. The van der Waals surface area contributed by atoms with Crippen molar-refractivity contribution in [1.29, 1.82) is 0 Å². The zero-order chi connectivity index (χ0) is 22.8. The van der Waals surface area contributed by atoms with Crippen LogP contribution in [0.15, 0.2) is 65.9 Å². The van der Waals surface area contributed by atoms with Crippen molar-refractivity contribution in [2.24, 2.45) is 4.99 Å². The largest absolute Gasteiger partial charge is 0.347 e. The van der Waals surface area contributed by atoms with Crippen LogP contribution in [0.2, 0.25) is 5.02 Å². The normalized spacial score (nSPS) is 14.0. The molecule has 0 atom stereocenters. The summed E-state index contributed by atoms with van der Waals surface area (Å²) in [7, 11) is 0. The Balaban J connectivity index is 1.33. The maximum Gasteiger partial charge on any atom is 0.251 e. The van der Waals surface area contributed by atoms with E-state index in [4.69, 9.17) is 11.6 Å². The highest BCUT2D eigenvalue weighted by atomic mass is 35.5. The Labute approximate surface area is 194 Å². The van der Waals surface area contributed by atoms with Crippen LogP contribution in [-0.2, 0) is 11.2 Å². The molecule has 3 N–H and O–H groups in total. The van der Waals surface area contributed by atoms with E-state index in [1.165, 1.54) is 0 Å². The molecule has 0 saturated heterocycles. The molecular weight excluding hydrogens is 440 g/mol. The second-order valence-corrected chi connectivity index (χ2v) is 8.09. The molecule has 2 aromatic carbocycles. The Kier molecular flexibility index (Phi) is 5.58. The number of carbonyl (C=O) groups is 2. The van der Waals surface area contributed by atoms with Gasteiger partial charge in [-0.25, -0.2) is 9.97 Å². The van der Waals surface area contributed by atoms with Crippen molar-refractivity contribution in [3.05, 3.63) is 77.1 Å². The van der Waals surface area contributed by atoms with Crippen molar-refractivity contribution in [3.8, 4) is 11.3 Å². The maximum atomic E-state index is 12.4. The number of rotatable bonds is 5. The fourth-order valence-electron chi connectivity index (χ4n) is 3.66. The summed E-state index contributed by atoms with van der Waals surface area (Å²) < 4.78 is 0. The van der Waals surface area contributed by atoms with Crippen LogP contribution in [0.3, 0.4) is 0 Å². The average Bonchev–Trinajstić information content (AvgIpc) is 3.28. The third-order valence-electron chi connectivity index (χ3n) is 5.30. The Bertz CT molecular complexity index is 1320. The number of anilines is 3. The molecule has 2 amide bonds. The van der Waals surface area contributed by atoms with Gasteiger partial charge in [0.25, 0.3) is 5.91 Å². The molecule has 9 heteroatoms. The number of nitrogens with zero attached hydrogens (tertiary/aromatic N) is 3. The quantitative estimate of drug-likeness (QED) is 0.533. The van der Waals surface area contributed by atoms with Crippen molar-refractivity contribution >= 4 is 46.5 Å². The van der Waals surface area contributed by atoms with E-state index in [0.29, 0.717) is 34.5 Å². The molecule has 33 heavy (non-hydrogen) atoms. The lowest BCUT2D eigenvalue weighted by atomic mass is 10.1. The molecule has 8 nitrogen and oxygen atoms in total. The highest BCUT2D eigenvalue weighted by Crippen LogP contribution is 2.34. The number of aromatic nitrogens is 2. The molecule has 0 bridgehead atoms. The first kappa shape index (κ1) is 20.8. The first-order chi connectivity index (χ1) is 16.0. The second kappa shape index (κ2) is 8.84. The Hall–Kier alpha value is -4.04. The van der Waals surface area contributed by atoms with Gasteiger partial charge in [-0.1, -0.05) is 17.7 Å². The first-order valence-electron chi connectivity index (χ1n) is 10.4. The minimum absolute atomic E-state index is 0.147. The van der Waals surface area contributed by atoms with E-state index in [0.717, 1.165) is 28.9 Å². The lowest BCUT2D eigenvalue weighted by molar-refractivity contribution is -0.115. The summed E-state index contributed by atoms with van der Waals surface area (Å²) in [6.45, 7) is 0.429. The maximum absolute atomic E-state index is 12.4. The first-order valence-corrected chi connectivity index (χ1v) is 10.7. The molecule has 0 unspecified atom stereocenters. The van der Waals surface area contributed by atoms with Gasteiger partial charge in [0.1, 0.15) is 0 Å². The number of hydrogen-bond acceptors (Lipinski definition) is 6. The fourth-order valence-corrected chi connectivity index (χ4v) is 3.83. The van der Waals surface area contributed by atoms with Crippen LogP contribution >= 0.6 is 11.6 Å². The van der Waals surface area contributed by atoms with Crippen LogP contribution in [0, 0.1) is 0 Å². The highest BCUT2D eigenvalue weighted by molar-refractivity contribution is 6.31. The van der Waals surface area contributed by atoms with Gasteiger partial charge >= 0.3 is 0 Å². The lowest BCUT2D eigenvalue weighted by Crippen LogP contribution is -2.28. The van der Waals surface area contributed by atoms with Crippen LogP contribution < -0.4 is 16.0 Å². The number of benzene rings is 2. The number of fused-ring (bicyclic) bond motifs is 3. The molecular formula is C24H19ClN6O2. The minimum Gasteiger partial charge on any atom is -0.347 e. The van der Waals surface area contributed by atoms with Crippen LogP contribution in [0.25, 0.3) is 11.3 Å². The van der Waals surface area contributed by atoms with Gasteiger partial charge in [0, 0.05) is 51.9 Å². The van der Waals surface area contributed by atoms with E-state index in [-0.39, 0.29) is 18.2 Å². The number of amides is 2. The molecule has 1 aromatic heterocycles. The molecule has 3 aromatic rings. The van der Waals surface area contributed by atoms with Crippen molar-refractivity contribution in [1.82, 2.24) is 15.3 Å². The summed E-state index contributed by atoms with van der Waals surface area (Å²) in [4.78, 5) is 37.8. The molecule has 5 rings (SSSR count). The summed E-state index contributed by atoms with van der Waals surface area (Å²) in [5.41, 5.74) is 5.00. The number of hydrogen-bond donors (Lipinski definition) is 3. The predicted octanol–water partition coefficient (Wildman–Crippen LogP) is 4.12. The Morgan fingerprint density at radius 2 is 2.00 bits per heavy atom. The molecule has 3 heterocycles. The standard InChI is InChI=1S/C24H19ClN6O2/c25-16-5-8-19-20(11-16)30-21(32)10-15-12-28-24(31-22(15)19)29-17-6-3-14(4-7-17)23(33)27-13-18-2-1-9-26-18/h1,3-9,11-12H,2,10,13H2,(H,27,33)(H,30,32)(H,28,29,31). The Morgan fingerprint density at radius 3 is 2.79 bits per heavy atom. The number of allylic oxidation sites excluding steroid dienone is 1. The minimum atomic E-state index is -0.162. The van der Waals surface area contributed by atoms with Gasteiger partial charge < -0.3 is 16.0 Å². The average molecular weight is 459 g/mol. The van der Waals surface area contributed by atoms with Crippen molar-refractivity contribution in [2.75, 3.05) is 17.2 Å². The van der Waals surface area contributed by atoms with E-state index in [9.17, 15) is 9.59 Å². The summed E-state index contributed by atoms with van der Waals surface area (Å²) >= 11 is 6.10. The monoisotopic (exact) mass is 458 g/mol. The zero-order valence-electron chi connectivity index (χ0n) is 17.4.